The van der Waals surface area contributed by atoms with E-state index in [0.717, 1.165) is 12.1 Å². The maximum absolute atomic E-state index is 13.7. The van der Waals surface area contributed by atoms with Crippen LogP contribution in [0.5, 0.6) is 0 Å². The van der Waals surface area contributed by atoms with Gasteiger partial charge in [0.1, 0.15) is 11.6 Å². The zero-order valence-electron chi connectivity index (χ0n) is 12.7. The fourth-order valence-corrected chi connectivity index (χ4v) is 2.75. The number of halogens is 2. The molecule has 0 saturated carbocycles. The predicted molar refractivity (Wildman–Crippen MR) is 88.8 cm³/mol. The maximum atomic E-state index is 13.7. The first kappa shape index (κ1) is 16.4. The normalized spacial score (nSPS) is 14.6. The Balaban J connectivity index is 1.56. The Kier molecular flexibility index (Phi) is 4.75. The summed E-state index contributed by atoms with van der Waals surface area (Å²) in [7, 11) is 0. The van der Waals surface area contributed by atoms with Gasteiger partial charge >= 0.3 is 0 Å². The van der Waals surface area contributed by atoms with Gasteiger partial charge in [-0.05, 0) is 36.5 Å². The van der Waals surface area contributed by atoms with Crippen LogP contribution >= 0.6 is 12.2 Å². The van der Waals surface area contributed by atoms with Crippen LogP contribution in [0.15, 0.2) is 41.0 Å². The molecule has 1 N–H and O–H groups in total. The van der Waals surface area contributed by atoms with Crippen molar-refractivity contribution in [3.05, 3.63) is 54.0 Å². The molecule has 24 heavy (non-hydrogen) atoms. The number of hydrogen-bond acceptors (Lipinski definition) is 3. The van der Waals surface area contributed by atoms with Crippen molar-refractivity contribution in [1.29, 1.82) is 0 Å². The van der Waals surface area contributed by atoms with E-state index in [4.69, 9.17) is 16.6 Å². The van der Waals surface area contributed by atoms with E-state index in [2.05, 4.69) is 5.32 Å². The lowest BCUT2D eigenvalue weighted by molar-refractivity contribution is 0.0661. The lowest BCUT2D eigenvalue weighted by Crippen LogP contribution is -2.51. The number of nitrogens with one attached hydrogen (secondary N) is 1. The van der Waals surface area contributed by atoms with Crippen LogP contribution in [-0.4, -0.2) is 47.0 Å². The molecule has 1 aromatic heterocycles. The number of rotatable bonds is 2. The van der Waals surface area contributed by atoms with Crippen molar-refractivity contribution < 1.29 is 18.0 Å². The highest BCUT2D eigenvalue weighted by atomic mass is 32.1. The second kappa shape index (κ2) is 6.96. The minimum absolute atomic E-state index is 0.121. The number of furan rings is 1. The van der Waals surface area contributed by atoms with Gasteiger partial charge in [0.05, 0.1) is 12.0 Å². The molecule has 2 aromatic rings. The van der Waals surface area contributed by atoms with Crippen LogP contribution in [0.4, 0.5) is 14.5 Å². The van der Waals surface area contributed by atoms with Crippen molar-refractivity contribution in [2.24, 2.45) is 0 Å². The largest absolute Gasteiger partial charge is 0.459 e. The minimum Gasteiger partial charge on any atom is -0.459 e. The summed E-state index contributed by atoms with van der Waals surface area (Å²) < 4.78 is 31.7. The van der Waals surface area contributed by atoms with Gasteiger partial charge in [-0.25, -0.2) is 8.78 Å². The van der Waals surface area contributed by atoms with Gasteiger partial charge in [0.2, 0.25) is 0 Å². The Morgan fingerprint density at radius 3 is 2.46 bits per heavy atom. The van der Waals surface area contributed by atoms with Crippen LogP contribution in [0.2, 0.25) is 0 Å². The second-order valence-electron chi connectivity index (χ2n) is 5.31. The standard InChI is InChI=1S/C16H15F2N3O2S/c17-11-3-4-13(12(18)10-11)19-16(24)21-7-5-20(6-8-21)15(22)14-2-1-9-23-14/h1-4,9-10H,5-8H2,(H,19,24). The van der Waals surface area contributed by atoms with Gasteiger partial charge in [0.25, 0.3) is 5.91 Å². The first-order chi connectivity index (χ1) is 11.5. The summed E-state index contributed by atoms with van der Waals surface area (Å²) in [5, 5.41) is 3.11. The van der Waals surface area contributed by atoms with Crippen LogP contribution < -0.4 is 5.32 Å². The van der Waals surface area contributed by atoms with Gasteiger partial charge in [0.15, 0.2) is 10.9 Å². The number of anilines is 1. The first-order valence-corrected chi connectivity index (χ1v) is 7.79. The summed E-state index contributed by atoms with van der Waals surface area (Å²) >= 11 is 5.26. The van der Waals surface area contributed by atoms with Gasteiger partial charge in [-0.15, -0.1) is 0 Å². The molecule has 1 fully saturated rings. The van der Waals surface area contributed by atoms with E-state index >= 15 is 0 Å². The van der Waals surface area contributed by atoms with E-state index in [1.807, 2.05) is 4.90 Å². The lowest BCUT2D eigenvalue weighted by atomic mass is 10.3. The molecule has 0 spiro atoms. The molecule has 8 heteroatoms. The number of amides is 1. The van der Waals surface area contributed by atoms with Crippen molar-refractivity contribution in [3.63, 3.8) is 0 Å². The molecule has 5 nitrogen and oxygen atoms in total. The molecule has 1 aliphatic heterocycles. The molecule has 126 valence electrons. The van der Waals surface area contributed by atoms with E-state index in [1.165, 1.54) is 12.3 Å². The van der Waals surface area contributed by atoms with Crippen molar-refractivity contribution >= 4 is 28.9 Å². The highest BCUT2D eigenvalue weighted by Crippen LogP contribution is 2.16. The van der Waals surface area contributed by atoms with E-state index in [0.29, 0.717) is 37.1 Å². The first-order valence-electron chi connectivity index (χ1n) is 7.38. The van der Waals surface area contributed by atoms with Crippen LogP contribution in [-0.2, 0) is 0 Å². The highest BCUT2D eigenvalue weighted by molar-refractivity contribution is 7.80. The Bertz CT molecular complexity index is 744. The maximum Gasteiger partial charge on any atom is 0.289 e. The third kappa shape index (κ3) is 3.53. The van der Waals surface area contributed by atoms with Crippen molar-refractivity contribution in [1.82, 2.24) is 9.80 Å². The molecule has 2 heterocycles. The summed E-state index contributed by atoms with van der Waals surface area (Å²) in [6, 6.07) is 6.55. The van der Waals surface area contributed by atoms with Gasteiger partial charge in [-0.3, -0.25) is 4.79 Å². The van der Waals surface area contributed by atoms with E-state index in [-0.39, 0.29) is 11.6 Å². The Labute approximate surface area is 142 Å². The number of carbonyl (C=O) groups excluding carboxylic acids is 1. The summed E-state index contributed by atoms with van der Waals surface area (Å²) in [6.45, 7) is 1.99. The summed E-state index contributed by atoms with van der Waals surface area (Å²) in [5.41, 5.74) is 0.121. The molecule has 0 bridgehead atoms. The lowest BCUT2D eigenvalue weighted by Gasteiger charge is -2.35. The molecule has 0 aliphatic carbocycles. The smallest absolute Gasteiger partial charge is 0.289 e. The van der Waals surface area contributed by atoms with Crippen LogP contribution in [0.1, 0.15) is 10.6 Å². The summed E-state index contributed by atoms with van der Waals surface area (Å²) in [6.07, 6.45) is 1.46. The number of hydrogen-bond donors (Lipinski definition) is 1. The topological polar surface area (TPSA) is 48.7 Å². The number of benzene rings is 1. The summed E-state index contributed by atoms with van der Waals surface area (Å²) in [4.78, 5) is 15.7. The SMILES string of the molecule is O=C(c1ccco1)N1CCN(C(=S)Nc2ccc(F)cc2F)CC1. The Morgan fingerprint density at radius 1 is 1.12 bits per heavy atom. The van der Waals surface area contributed by atoms with Gasteiger partial charge in [-0.1, -0.05) is 0 Å². The third-order valence-electron chi connectivity index (χ3n) is 3.76. The molecule has 3 rings (SSSR count). The average Bonchev–Trinajstić information content (AvgIpc) is 3.11. The second-order valence-corrected chi connectivity index (χ2v) is 5.70. The van der Waals surface area contributed by atoms with Gasteiger partial charge in [0, 0.05) is 32.2 Å². The van der Waals surface area contributed by atoms with E-state index in [1.54, 1.807) is 17.0 Å². The average molecular weight is 351 g/mol. The molecule has 1 amide bonds. The number of carbonyl (C=O) groups is 1. The quantitative estimate of drug-likeness (QED) is 0.843. The van der Waals surface area contributed by atoms with Crippen molar-refractivity contribution in [2.75, 3.05) is 31.5 Å². The fourth-order valence-electron chi connectivity index (χ4n) is 2.45. The van der Waals surface area contributed by atoms with Crippen LogP contribution in [0, 0.1) is 11.6 Å². The van der Waals surface area contributed by atoms with Crippen LogP contribution in [0.3, 0.4) is 0 Å². The minimum atomic E-state index is -0.705. The van der Waals surface area contributed by atoms with Gasteiger partial charge in [-0.2, -0.15) is 0 Å². The van der Waals surface area contributed by atoms with Crippen molar-refractivity contribution in [2.45, 2.75) is 0 Å². The zero-order valence-corrected chi connectivity index (χ0v) is 13.5. The van der Waals surface area contributed by atoms with E-state index < -0.39 is 11.6 Å². The number of nitrogens with zero attached hydrogens (tertiary/aromatic N) is 2. The van der Waals surface area contributed by atoms with Crippen molar-refractivity contribution in [3.8, 4) is 0 Å². The highest BCUT2D eigenvalue weighted by Gasteiger charge is 2.25. The van der Waals surface area contributed by atoms with Gasteiger partial charge < -0.3 is 19.5 Å². The molecule has 1 aliphatic rings. The molecule has 0 unspecified atom stereocenters. The monoisotopic (exact) mass is 351 g/mol. The summed E-state index contributed by atoms with van der Waals surface area (Å²) in [5.74, 6) is -1.21. The molecule has 1 aromatic carbocycles. The van der Waals surface area contributed by atoms with E-state index in [9.17, 15) is 13.6 Å². The molecular formula is C16H15F2N3O2S. The number of thiocarbonyl (C=S) groups is 1. The zero-order chi connectivity index (χ0) is 17.1. The van der Waals surface area contributed by atoms with Crippen LogP contribution in [0.25, 0.3) is 0 Å². The Hall–Kier alpha value is -2.48. The molecule has 0 radical (unpaired) electrons. The predicted octanol–water partition coefficient (Wildman–Crippen LogP) is 2.71. The molecular weight excluding hydrogens is 336 g/mol. The molecule has 0 atom stereocenters. The fraction of sp³-hybridized carbons (Fsp3) is 0.250. The molecule has 1 saturated heterocycles. The number of piperazine rings is 1. The Morgan fingerprint density at radius 2 is 1.83 bits per heavy atom. The third-order valence-corrected chi connectivity index (χ3v) is 4.12.